The summed E-state index contributed by atoms with van der Waals surface area (Å²) in [6.45, 7) is 0.0982. The Balaban J connectivity index is 1.75. The molecular weight excluding hydrogens is 490 g/mol. The Morgan fingerprint density at radius 2 is 1.72 bits per heavy atom. The van der Waals surface area contributed by atoms with Crippen LogP contribution in [0.15, 0.2) is 53.6 Å². The smallest absolute Gasteiger partial charge is 0.369 e. The third-order valence-electron chi connectivity index (χ3n) is 4.23. The fourth-order valence-corrected chi connectivity index (χ4v) is 3.47. The first-order valence-corrected chi connectivity index (χ1v) is 11.3. The zero-order chi connectivity index (χ0) is 23.5. The molecule has 0 amide bonds. The van der Waals surface area contributed by atoms with Crippen LogP contribution in [0.2, 0.25) is 10.0 Å². The maximum absolute atomic E-state index is 13.4. The molecule has 13 heteroatoms. The summed E-state index contributed by atoms with van der Waals surface area (Å²) in [6, 6.07) is 10.3. The van der Waals surface area contributed by atoms with E-state index >= 15 is 0 Å². The molecule has 3 rings (SSSR count). The molecular formula is C19H16Cl2F3N5O2S. The second kappa shape index (κ2) is 9.49. The van der Waals surface area contributed by atoms with Crippen LogP contribution in [0.1, 0.15) is 11.1 Å². The van der Waals surface area contributed by atoms with Crippen molar-refractivity contribution in [2.45, 2.75) is 17.5 Å². The molecule has 0 aliphatic rings. The van der Waals surface area contributed by atoms with Crippen LogP contribution in [0.3, 0.4) is 0 Å². The number of anilines is 3. The van der Waals surface area contributed by atoms with E-state index < -0.39 is 27.6 Å². The van der Waals surface area contributed by atoms with Gasteiger partial charge in [-0.3, -0.25) is 0 Å². The minimum Gasteiger partial charge on any atom is -0.369 e. The van der Waals surface area contributed by atoms with Gasteiger partial charge in [0.15, 0.2) is 0 Å². The summed E-state index contributed by atoms with van der Waals surface area (Å²) in [7, 11) is -3.82. The van der Waals surface area contributed by atoms with Gasteiger partial charge in [0.05, 0.1) is 14.9 Å². The van der Waals surface area contributed by atoms with E-state index in [1.54, 1.807) is 6.07 Å². The number of sulfonamides is 1. The highest BCUT2D eigenvalue weighted by atomic mass is 35.5. The van der Waals surface area contributed by atoms with Gasteiger partial charge in [-0.1, -0.05) is 35.3 Å². The lowest BCUT2D eigenvalue weighted by Crippen LogP contribution is -2.16. The van der Waals surface area contributed by atoms with Crippen molar-refractivity contribution in [3.05, 3.63) is 69.8 Å². The predicted molar refractivity (Wildman–Crippen MR) is 117 cm³/mol. The Hall–Kier alpha value is -2.60. The highest BCUT2D eigenvalue weighted by Gasteiger charge is 2.35. The average molecular weight is 506 g/mol. The number of nitrogens with zero attached hydrogens (tertiary/aromatic N) is 2. The Morgan fingerprint density at radius 3 is 2.31 bits per heavy atom. The Kier molecular flexibility index (Phi) is 7.13. The van der Waals surface area contributed by atoms with Crippen molar-refractivity contribution in [2.24, 2.45) is 5.14 Å². The summed E-state index contributed by atoms with van der Waals surface area (Å²) in [5.41, 5.74) is 0.114. The summed E-state index contributed by atoms with van der Waals surface area (Å²) >= 11 is 11.8. The lowest BCUT2D eigenvalue weighted by atomic mass is 10.1. The van der Waals surface area contributed by atoms with Crippen LogP contribution in [-0.2, 0) is 22.6 Å². The van der Waals surface area contributed by atoms with Crippen LogP contribution >= 0.6 is 23.2 Å². The van der Waals surface area contributed by atoms with Crippen molar-refractivity contribution in [1.29, 1.82) is 0 Å². The maximum Gasteiger partial charge on any atom is 0.421 e. The number of halogens is 5. The molecule has 170 valence electrons. The minimum absolute atomic E-state index is 0.0533. The molecule has 1 aromatic heterocycles. The molecule has 0 bridgehead atoms. The maximum atomic E-state index is 13.4. The van der Waals surface area contributed by atoms with E-state index in [9.17, 15) is 21.6 Å². The zero-order valence-electron chi connectivity index (χ0n) is 16.1. The molecule has 4 N–H and O–H groups in total. The number of primary sulfonamides is 1. The molecule has 0 aliphatic carbocycles. The largest absolute Gasteiger partial charge is 0.421 e. The summed E-state index contributed by atoms with van der Waals surface area (Å²) < 4.78 is 62.7. The van der Waals surface area contributed by atoms with Gasteiger partial charge in [-0.15, -0.1) is 0 Å². The predicted octanol–water partition coefficient (Wildman–Crippen LogP) is 4.85. The van der Waals surface area contributed by atoms with Gasteiger partial charge in [0.25, 0.3) is 0 Å². The van der Waals surface area contributed by atoms with Crippen LogP contribution in [0.5, 0.6) is 0 Å². The van der Waals surface area contributed by atoms with Crippen LogP contribution in [-0.4, -0.2) is 24.9 Å². The number of alkyl halides is 3. The first kappa shape index (κ1) is 24.1. The van der Waals surface area contributed by atoms with Crippen LogP contribution in [0.25, 0.3) is 0 Å². The van der Waals surface area contributed by atoms with E-state index in [1.807, 2.05) is 0 Å². The van der Waals surface area contributed by atoms with Crippen molar-refractivity contribution < 1.29 is 21.6 Å². The fraction of sp³-hybridized carbons (Fsp3) is 0.158. The Bertz CT molecular complexity index is 1220. The second-order valence-electron chi connectivity index (χ2n) is 6.57. The van der Waals surface area contributed by atoms with E-state index in [0.29, 0.717) is 28.9 Å². The molecule has 0 atom stereocenters. The van der Waals surface area contributed by atoms with Crippen molar-refractivity contribution in [1.82, 2.24) is 9.97 Å². The molecule has 0 saturated heterocycles. The number of aromatic nitrogens is 2. The Morgan fingerprint density at radius 1 is 1.03 bits per heavy atom. The highest BCUT2D eigenvalue weighted by Crippen LogP contribution is 2.34. The number of benzene rings is 2. The number of nitrogens with one attached hydrogen (secondary N) is 2. The van der Waals surface area contributed by atoms with Gasteiger partial charge >= 0.3 is 6.18 Å². The lowest BCUT2D eigenvalue weighted by molar-refractivity contribution is -0.137. The third kappa shape index (κ3) is 6.22. The second-order valence-corrected chi connectivity index (χ2v) is 8.95. The summed E-state index contributed by atoms with van der Waals surface area (Å²) in [5.74, 6) is -0.479. The van der Waals surface area contributed by atoms with Gasteiger partial charge in [0, 0.05) is 18.4 Å². The van der Waals surface area contributed by atoms with Crippen LogP contribution < -0.4 is 15.8 Å². The monoisotopic (exact) mass is 505 g/mol. The SMILES string of the molecule is NS(=O)(=O)c1ccc(CCNc2nc(Nc3ccc(Cl)c(Cl)c3)ncc2C(F)(F)F)cc1. The standard InChI is InChI=1S/C19H16Cl2F3N5O2S/c20-15-6-3-12(9-16(15)21)28-18-27-10-14(19(22,23)24)17(29-18)26-8-7-11-1-4-13(5-2-11)32(25,30)31/h1-6,9-10H,7-8H2,(H2,25,30,31)(H2,26,27,28,29). The first-order valence-electron chi connectivity index (χ1n) is 8.95. The van der Waals surface area contributed by atoms with Gasteiger partial charge in [-0.05, 0) is 42.3 Å². The molecule has 0 saturated carbocycles. The van der Waals surface area contributed by atoms with Crippen molar-refractivity contribution in [3.8, 4) is 0 Å². The molecule has 0 unspecified atom stereocenters. The average Bonchev–Trinajstić information content (AvgIpc) is 2.70. The van der Waals surface area contributed by atoms with Crippen molar-refractivity contribution >= 4 is 50.7 Å². The molecule has 1 heterocycles. The highest BCUT2D eigenvalue weighted by molar-refractivity contribution is 7.89. The molecule has 32 heavy (non-hydrogen) atoms. The lowest BCUT2D eigenvalue weighted by Gasteiger charge is -2.15. The summed E-state index contributed by atoms with van der Waals surface area (Å²) in [6.07, 6.45) is -3.68. The number of hydrogen-bond acceptors (Lipinski definition) is 6. The fourth-order valence-electron chi connectivity index (χ4n) is 2.66. The van der Waals surface area contributed by atoms with Crippen LogP contribution in [0.4, 0.5) is 30.6 Å². The van der Waals surface area contributed by atoms with E-state index in [0.717, 1.165) is 0 Å². The normalized spacial score (nSPS) is 11.9. The number of hydrogen-bond donors (Lipinski definition) is 3. The Labute approximate surface area is 191 Å². The van der Waals surface area contributed by atoms with E-state index in [4.69, 9.17) is 28.3 Å². The molecule has 0 fully saturated rings. The molecule has 7 nitrogen and oxygen atoms in total. The zero-order valence-corrected chi connectivity index (χ0v) is 18.4. The number of nitrogens with two attached hydrogens (primary N) is 1. The third-order valence-corrected chi connectivity index (χ3v) is 5.90. The molecule has 2 aromatic carbocycles. The summed E-state index contributed by atoms with van der Waals surface area (Å²) in [4.78, 5) is 7.61. The quantitative estimate of drug-likeness (QED) is 0.423. The van der Waals surface area contributed by atoms with Gasteiger partial charge < -0.3 is 10.6 Å². The van der Waals surface area contributed by atoms with Gasteiger partial charge in [-0.25, -0.2) is 18.5 Å². The van der Waals surface area contributed by atoms with Crippen molar-refractivity contribution in [2.75, 3.05) is 17.2 Å². The molecule has 3 aromatic rings. The summed E-state index contributed by atoms with van der Waals surface area (Å²) in [5, 5.41) is 11.1. The van der Waals surface area contributed by atoms with E-state index in [-0.39, 0.29) is 22.4 Å². The van der Waals surface area contributed by atoms with Crippen molar-refractivity contribution in [3.63, 3.8) is 0 Å². The molecule has 0 radical (unpaired) electrons. The minimum atomic E-state index is -4.67. The molecule has 0 spiro atoms. The van der Waals surface area contributed by atoms with Gasteiger partial charge in [-0.2, -0.15) is 18.2 Å². The van der Waals surface area contributed by atoms with Gasteiger partial charge in [0.1, 0.15) is 11.4 Å². The van der Waals surface area contributed by atoms with E-state index in [2.05, 4.69) is 20.6 Å². The molecule has 0 aliphatic heterocycles. The van der Waals surface area contributed by atoms with Crippen LogP contribution in [0, 0.1) is 0 Å². The first-order chi connectivity index (χ1) is 14.9. The number of rotatable bonds is 7. The van der Waals surface area contributed by atoms with E-state index in [1.165, 1.54) is 36.4 Å². The van der Waals surface area contributed by atoms with Gasteiger partial charge in [0.2, 0.25) is 16.0 Å². The topological polar surface area (TPSA) is 110 Å².